The zero-order valence-electron chi connectivity index (χ0n) is 11.6. The molecule has 1 saturated carbocycles. The Morgan fingerprint density at radius 1 is 1.00 bits per heavy atom. The molecule has 1 rings (SSSR count). The highest BCUT2D eigenvalue weighted by Gasteiger charge is 2.30. The average molecular weight is 307 g/mol. The second-order valence-electron chi connectivity index (χ2n) is 6.04. The van der Waals surface area contributed by atoms with Crippen LogP contribution in [0.1, 0.15) is 59.3 Å². The van der Waals surface area contributed by atoms with Crippen molar-refractivity contribution < 1.29 is 9.47 Å². The van der Waals surface area contributed by atoms with E-state index in [4.69, 9.17) is 9.47 Å². The minimum Gasteiger partial charge on any atom is -0.373 e. The topological polar surface area (TPSA) is 18.5 Å². The summed E-state index contributed by atoms with van der Waals surface area (Å²) in [5.41, 5.74) is 0.00607. The van der Waals surface area contributed by atoms with Gasteiger partial charge in [0.1, 0.15) is 0 Å². The van der Waals surface area contributed by atoms with Gasteiger partial charge in [-0.2, -0.15) is 0 Å². The molecule has 0 aromatic rings. The number of halogens is 1. The molecule has 0 aromatic carbocycles. The highest BCUT2D eigenvalue weighted by atomic mass is 79.9. The van der Waals surface area contributed by atoms with E-state index in [1.807, 2.05) is 0 Å². The Morgan fingerprint density at radius 2 is 1.59 bits per heavy atom. The van der Waals surface area contributed by atoms with Gasteiger partial charge in [-0.25, -0.2) is 0 Å². The second-order valence-corrected chi connectivity index (χ2v) is 6.60. The zero-order chi connectivity index (χ0) is 12.8. The molecule has 0 heterocycles. The van der Waals surface area contributed by atoms with Crippen molar-refractivity contribution in [1.29, 1.82) is 0 Å². The first-order chi connectivity index (χ1) is 7.97. The maximum absolute atomic E-state index is 6.12. The van der Waals surface area contributed by atoms with Crippen molar-refractivity contribution in [3.05, 3.63) is 0 Å². The van der Waals surface area contributed by atoms with Crippen LogP contribution in [0.25, 0.3) is 0 Å². The van der Waals surface area contributed by atoms with Gasteiger partial charge in [-0.3, -0.25) is 0 Å². The molecular formula is C14H27BrO2. The predicted molar refractivity (Wildman–Crippen MR) is 75.9 cm³/mol. The maximum Gasteiger partial charge on any atom is 0.0780 e. The molecule has 0 unspecified atom stereocenters. The molecule has 0 bridgehead atoms. The molecule has 17 heavy (non-hydrogen) atoms. The Bertz CT molecular complexity index is 203. The molecule has 1 aliphatic carbocycles. The summed E-state index contributed by atoms with van der Waals surface area (Å²) < 4.78 is 11.8. The minimum atomic E-state index is -0.0611. The first-order valence-corrected chi connectivity index (χ1v) is 7.93. The number of rotatable bonds is 5. The van der Waals surface area contributed by atoms with Crippen LogP contribution in [-0.2, 0) is 9.47 Å². The normalized spacial score (nSPS) is 21.2. The van der Waals surface area contributed by atoms with Crippen LogP contribution in [0.4, 0.5) is 0 Å². The summed E-state index contributed by atoms with van der Waals surface area (Å²) in [7, 11) is 0. The van der Waals surface area contributed by atoms with E-state index < -0.39 is 0 Å². The maximum atomic E-state index is 6.12. The summed E-state index contributed by atoms with van der Waals surface area (Å²) in [6, 6.07) is 0. The van der Waals surface area contributed by atoms with Gasteiger partial charge in [-0.05, 0) is 33.6 Å². The Labute approximate surface area is 115 Å². The SMILES string of the molecule is CC(C)(C)OCCOC1(CBr)CCCCCC1. The molecule has 1 aliphatic rings. The van der Waals surface area contributed by atoms with Crippen molar-refractivity contribution in [2.24, 2.45) is 0 Å². The van der Waals surface area contributed by atoms with E-state index in [0.717, 1.165) is 5.33 Å². The van der Waals surface area contributed by atoms with Crippen molar-refractivity contribution in [3.63, 3.8) is 0 Å². The Kier molecular flexibility index (Phi) is 6.46. The van der Waals surface area contributed by atoms with Crippen LogP contribution in [0.2, 0.25) is 0 Å². The lowest BCUT2D eigenvalue weighted by molar-refractivity contribution is -0.0877. The lowest BCUT2D eigenvalue weighted by Crippen LogP contribution is -2.36. The highest BCUT2D eigenvalue weighted by Crippen LogP contribution is 2.32. The molecule has 1 fully saturated rings. The van der Waals surface area contributed by atoms with Crippen LogP contribution in [0, 0.1) is 0 Å². The summed E-state index contributed by atoms with van der Waals surface area (Å²) in [5.74, 6) is 0. The fourth-order valence-corrected chi connectivity index (χ4v) is 3.02. The van der Waals surface area contributed by atoms with Crippen molar-refractivity contribution in [3.8, 4) is 0 Å². The highest BCUT2D eigenvalue weighted by molar-refractivity contribution is 9.09. The summed E-state index contributed by atoms with van der Waals surface area (Å²) >= 11 is 3.63. The largest absolute Gasteiger partial charge is 0.373 e. The van der Waals surface area contributed by atoms with Crippen molar-refractivity contribution in [2.45, 2.75) is 70.5 Å². The molecule has 0 radical (unpaired) electrons. The molecule has 0 spiro atoms. The number of hydrogen-bond donors (Lipinski definition) is 0. The molecule has 3 heteroatoms. The molecule has 0 atom stereocenters. The Balaban J connectivity index is 2.30. The van der Waals surface area contributed by atoms with Crippen LogP contribution in [0.5, 0.6) is 0 Å². The van der Waals surface area contributed by atoms with E-state index in [9.17, 15) is 0 Å². The predicted octanol–water partition coefficient (Wildman–Crippen LogP) is 4.31. The summed E-state index contributed by atoms with van der Waals surface area (Å²) in [4.78, 5) is 0. The zero-order valence-corrected chi connectivity index (χ0v) is 13.1. The third kappa shape index (κ3) is 6.21. The monoisotopic (exact) mass is 306 g/mol. The van der Waals surface area contributed by atoms with E-state index in [1.165, 1.54) is 38.5 Å². The summed E-state index contributed by atoms with van der Waals surface area (Å²) in [6.45, 7) is 7.65. The van der Waals surface area contributed by atoms with Gasteiger partial charge < -0.3 is 9.47 Å². The van der Waals surface area contributed by atoms with E-state index >= 15 is 0 Å². The smallest absolute Gasteiger partial charge is 0.0780 e. The standard InChI is InChI=1S/C14H27BrO2/c1-13(2,3)16-10-11-17-14(12-15)8-6-4-5-7-9-14/h4-12H2,1-3H3. The number of hydrogen-bond acceptors (Lipinski definition) is 2. The van der Waals surface area contributed by atoms with Gasteiger partial charge in [0.2, 0.25) is 0 Å². The lowest BCUT2D eigenvalue weighted by atomic mass is 9.97. The van der Waals surface area contributed by atoms with E-state index in [0.29, 0.717) is 13.2 Å². The molecule has 0 amide bonds. The third-order valence-electron chi connectivity index (χ3n) is 3.28. The van der Waals surface area contributed by atoms with E-state index in [1.54, 1.807) is 0 Å². The van der Waals surface area contributed by atoms with Gasteiger partial charge in [0.15, 0.2) is 0 Å². The van der Waals surface area contributed by atoms with Crippen LogP contribution >= 0.6 is 15.9 Å². The van der Waals surface area contributed by atoms with Crippen LogP contribution < -0.4 is 0 Å². The number of ether oxygens (including phenoxy) is 2. The van der Waals surface area contributed by atoms with Gasteiger partial charge in [0, 0.05) is 5.33 Å². The molecule has 0 saturated heterocycles. The molecule has 0 aromatic heterocycles. The molecule has 2 nitrogen and oxygen atoms in total. The third-order valence-corrected chi connectivity index (χ3v) is 4.31. The van der Waals surface area contributed by atoms with Gasteiger partial charge >= 0.3 is 0 Å². The fourth-order valence-electron chi connectivity index (χ4n) is 2.30. The van der Waals surface area contributed by atoms with E-state index in [-0.39, 0.29) is 11.2 Å². The fraction of sp³-hybridized carbons (Fsp3) is 1.00. The minimum absolute atomic E-state index is 0.0611. The molecule has 102 valence electrons. The van der Waals surface area contributed by atoms with Crippen molar-refractivity contribution >= 4 is 15.9 Å². The summed E-state index contributed by atoms with van der Waals surface area (Å²) in [6.07, 6.45) is 7.69. The van der Waals surface area contributed by atoms with Crippen LogP contribution in [0.15, 0.2) is 0 Å². The first kappa shape index (κ1) is 15.5. The average Bonchev–Trinajstić information content (AvgIpc) is 2.49. The molecule has 0 aliphatic heterocycles. The summed E-state index contributed by atoms with van der Waals surface area (Å²) in [5, 5.41) is 0.954. The Hall–Kier alpha value is 0.400. The van der Waals surface area contributed by atoms with E-state index in [2.05, 4.69) is 36.7 Å². The van der Waals surface area contributed by atoms with Crippen molar-refractivity contribution in [1.82, 2.24) is 0 Å². The first-order valence-electron chi connectivity index (χ1n) is 6.81. The molecular weight excluding hydrogens is 280 g/mol. The van der Waals surface area contributed by atoms with Crippen LogP contribution in [-0.4, -0.2) is 29.7 Å². The second kappa shape index (κ2) is 7.10. The molecule has 0 N–H and O–H groups in total. The van der Waals surface area contributed by atoms with Crippen LogP contribution in [0.3, 0.4) is 0 Å². The van der Waals surface area contributed by atoms with Gasteiger partial charge in [-0.1, -0.05) is 41.6 Å². The van der Waals surface area contributed by atoms with Gasteiger partial charge in [0.25, 0.3) is 0 Å². The van der Waals surface area contributed by atoms with Crippen molar-refractivity contribution in [2.75, 3.05) is 18.5 Å². The lowest BCUT2D eigenvalue weighted by Gasteiger charge is -2.31. The van der Waals surface area contributed by atoms with Gasteiger partial charge in [0.05, 0.1) is 24.4 Å². The quantitative estimate of drug-likeness (QED) is 0.428. The Morgan fingerprint density at radius 3 is 2.06 bits per heavy atom. The number of alkyl halides is 1. The van der Waals surface area contributed by atoms with Gasteiger partial charge in [-0.15, -0.1) is 0 Å².